The molecule has 0 amide bonds. The molecule has 1 aromatic heterocycles. The standard InChI is InChI=1S/C15H22N2/c1-11-15(14-4-3-5-16(14)2)7-12-6-13(8-15)10-17(11)9-12/h3-5,11-13H,6-10H2,1-2H3/t11-,12?,13?,15?/m1/s1. The Morgan fingerprint density at radius 1 is 1.24 bits per heavy atom. The van der Waals surface area contributed by atoms with Crippen molar-refractivity contribution in [3.63, 3.8) is 0 Å². The first-order valence-electron chi connectivity index (χ1n) is 7.05. The molecule has 1 aliphatic carbocycles. The summed E-state index contributed by atoms with van der Waals surface area (Å²) in [6, 6.07) is 5.32. The molecule has 17 heavy (non-hydrogen) atoms. The number of aryl methyl sites for hydroxylation is 1. The monoisotopic (exact) mass is 230 g/mol. The van der Waals surface area contributed by atoms with Gasteiger partial charge in [-0.05, 0) is 50.2 Å². The molecule has 1 saturated carbocycles. The van der Waals surface area contributed by atoms with Crippen LogP contribution in [0.25, 0.3) is 0 Å². The second-order valence-corrected chi connectivity index (χ2v) is 6.67. The molecule has 3 saturated heterocycles. The van der Waals surface area contributed by atoms with Crippen molar-refractivity contribution in [2.75, 3.05) is 13.1 Å². The zero-order valence-electron chi connectivity index (χ0n) is 10.9. The van der Waals surface area contributed by atoms with E-state index in [0.29, 0.717) is 5.41 Å². The average Bonchev–Trinajstić information content (AvgIpc) is 2.71. The molecule has 2 heteroatoms. The van der Waals surface area contributed by atoms with Crippen molar-refractivity contribution in [2.45, 2.75) is 37.6 Å². The van der Waals surface area contributed by atoms with Crippen LogP contribution in [0.1, 0.15) is 31.9 Å². The maximum Gasteiger partial charge on any atom is 0.0265 e. The second kappa shape index (κ2) is 3.17. The first kappa shape index (κ1) is 10.2. The van der Waals surface area contributed by atoms with Crippen molar-refractivity contribution in [2.24, 2.45) is 18.9 Å². The van der Waals surface area contributed by atoms with Crippen molar-refractivity contribution < 1.29 is 0 Å². The molecular formula is C15H22N2. The van der Waals surface area contributed by atoms with Gasteiger partial charge in [-0.2, -0.15) is 0 Å². The van der Waals surface area contributed by atoms with Crippen molar-refractivity contribution in [3.05, 3.63) is 24.0 Å². The molecule has 0 N–H and O–H groups in total. The highest BCUT2D eigenvalue weighted by atomic mass is 15.2. The summed E-state index contributed by atoms with van der Waals surface area (Å²) in [6.07, 6.45) is 6.57. The molecular weight excluding hydrogens is 208 g/mol. The number of rotatable bonds is 1. The van der Waals surface area contributed by atoms with Crippen molar-refractivity contribution in [1.29, 1.82) is 0 Å². The van der Waals surface area contributed by atoms with Gasteiger partial charge in [-0.15, -0.1) is 0 Å². The minimum absolute atomic E-state index is 0.461. The van der Waals surface area contributed by atoms with Gasteiger partial charge in [-0.1, -0.05) is 0 Å². The summed E-state index contributed by atoms with van der Waals surface area (Å²) in [5, 5.41) is 0. The number of hydrogen-bond donors (Lipinski definition) is 0. The van der Waals surface area contributed by atoms with Crippen LogP contribution in [0.5, 0.6) is 0 Å². The van der Waals surface area contributed by atoms with Crippen molar-refractivity contribution in [1.82, 2.24) is 9.47 Å². The quantitative estimate of drug-likeness (QED) is 0.719. The Hall–Kier alpha value is -0.760. The van der Waals surface area contributed by atoms with Gasteiger partial charge in [-0.25, -0.2) is 0 Å². The highest BCUT2D eigenvalue weighted by Gasteiger charge is 2.55. The fourth-order valence-electron chi connectivity index (χ4n) is 5.18. The second-order valence-electron chi connectivity index (χ2n) is 6.67. The lowest BCUT2D eigenvalue weighted by Gasteiger charge is -2.62. The first-order chi connectivity index (χ1) is 8.19. The summed E-state index contributed by atoms with van der Waals surface area (Å²) in [5.74, 6) is 1.93. The lowest BCUT2D eigenvalue weighted by atomic mass is 9.55. The van der Waals surface area contributed by atoms with E-state index in [1.807, 2.05) is 0 Å². The van der Waals surface area contributed by atoms with E-state index in [-0.39, 0.29) is 0 Å². The highest BCUT2D eigenvalue weighted by Crippen LogP contribution is 2.55. The highest BCUT2D eigenvalue weighted by molar-refractivity contribution is 5.27. The van der Waals surface area contributed by atoms with E-state index in [1.54, 1.807) is 5.69 Å². The van der Waals surface area contributed by atoms with Gasteiger partial charge in [-0.3, -0.25) is 4.90 Å². The Morgan fingerprint density at radius 3 is 2.53 bits per heavy atom. The molecule has 4 heterocycles. The molecule has 3 aliphatic heterocycles. The normalized spacial score (nSPS) is 47.6. The fraction of sp³-hybridized carbons (Fsp3) is 0.733. The largest absolute Gasteiger partial charge is 0.354 e. The Labute approximate surface area is 104 Å². The third-order valence-corrected chi connectivity index (χ3v) is 5.76. The number of piperidine rings is 3. The summed E-state index contributed by atoms with van der Waals surface area (Å²) in [6.45, 7) is 5.19. The molecule has 2 nitrogen and oxygen atoms in total. The van der Waals surface area contributed by atoms with Crippen LogP contribution in [0.15, 0.2) is 18.3 Å². The summed E-state index contributed by atoms with van der Waals surface area (Å²) in [7, 11) is 2.22. The van der Waals surface area contributed by atoms with Gasteiger partial charge in [0.05, 0.1) is 0 Å². The smallest absolute Gasteiger partial charge is 0.0265 e. The van der Waals surface area contributed by atoms with Crippen molar-refractivity contribution in [3.8, 4) is 0 Å². The van der Waals surface area contributed by atoms with Gasteiger partial charge in [0.25, 0.3) is 0 Å². The lowest BCUT2D eigenvalue weighted by molar-refractivity contribution is -0.0811. The first-order valence-corrected chi connectivity index (χ1v) is 7.05. The molecule has 1 aromatic rings. The molecule has 4 fully saturated rings. The van der Waals surface area contributed by atoms with E-state index in [0.717, 1.165) is 17.9 Å². The van der Waals surface area contributed by atoms with Crippen LogP contribution >= 0.6 is 0 Å². The minimum atomic E-state index is 0.461. The van der Waals surface area contributed by atoms with Crippen LogP contribution in [0.4, 0.5) is 0 Å². The van der Waals surface area contributed by atoms with E-state index >= 15 is 0 Å². The third kappa shape index (κ3) is 1.20. The van der Waals surface area contributed by atoms with E-state index in [1.165, 1.54) is 32.4 Å². The number of aromatic nitrogens is 1. The predicted octanol–water partition coefficient (Wildman–Crippen LogP) is 2.40. The number of nitrogens with zero attached hydrogens (tertiary/aromatic N) is 2. The fourth-order valence-corrected chi connectivity index (χ4v) is 5.18. The Balaban J connectivity index is 1.84. The van der Waals surface area contributed by atoms with Gasteiger partial charge < -0.3 is 4.57 Å². The minimum Gasteiger partial charge on any atom is -0.354 e. The third-order valence-electron chi connectivity index (χ3n) is 5.76. The summed E-state index contributed by atoms with van der Waals surface area (Å²) >= 11 is 0. The van der Waals surface area contributed by atoms with E-state index in [4.69, 9.17) is 0 Å². The van der Waals surface area contributed by atoms with Gasteiger partial charge in [0, 0.05) is 43.5 Å². The molecule has 0 aromatic carbocycles. The summed E-state index contributed by atoms with van der Waals surface area (Å²) in [4.78, 5) is 2.76. The maximum absolute atomic E-state index is 2.76. The van der Waals surface area contributed by atoms with Crippen LogP contribution in [-0.4, -0.2) is 28.6 Å². The Morgan fingerprint density at radius 2 is 1.94 bits per heavy atom. The van der Waals surface area contributed by atoms with Gasteiger partial charge in [0.1, 0.15) is 0 Å². The van der Waals surface area contributed by atoms with Gasteiger partial charge in [0.2, 0.25) is 0 Å². The SMILES string of the molecule is C[C@H]1N2CC3CC(C2)CC1(c1cccn1C)C3. The van der Waals surface area contributed by atoms with Crippen molar-refractivity contribution >= 4 is 0 Å². The maximum atomic E-state index is 2.76. The average molecular weight is 230 g/mol. The van der Waals surface area contributed by atoms with E-state index in [9.17, 15) is 0 Å². The summed E-state index contributed by atoms with van der Waals surface area (Å²) < 4.78 is 2.37. The number of hydrogen-bond acceptors (Lipinski definition) is 1. The molecule has 92 valence electrons. The molecule has 0 radical (unpaired) electrons. The topological polar surface area (TPSA) is 8.17 Å². The molecule has 4 aliphatic rings. The van der Waals surface area contributed by atoms with E-state index in [2.05, 4.69) is 41.8 Å². The van der Waals surface area contributed by atoms with Crippen LogP contribution in [-0.2, 0) is 12.5 Å². The Bertz CT molecular complexity index is 434. The van der Waals surface area contributed by atoms with Gasteiger partial charge >= 0.3 is 0 Å². The zero-order chi connectivity index (χ0) is 11.6. The lowest BCUT2D eigenvalue weighted by Crippen LogP contribution is -2.65. The predicted molar refractivity (Wildman–Crippen MR) is 69.0 cm³/mol. The van der Waals surface area contributed by atoms with Crippen LogP contribution in [0.3, 0.4) is 0 Å². The molecule has 0 spiro atoms. The Kier molecular flexibility index (Phi) is 1.90. The molecule has 4 bridgehead atoms. The van der Waals surface area contributed by atoms with Crippen LogP contribution < -0.4 is 0 Å². The molecule has 2 unspecified atom stereocenters. The van der Waals surface area contributed by atoms with Gasteiger partial charge in [0.15, 0.2) is 0 Å². The summed E-state index contributed by atoms with van der Waals surface area (Å²) in [5.41, 5.74) is 2.05. The van der Waals surface area contributed by atoms with Crippen LogP contribution in [0.2, 0.25) is 0 Å². The molecule has 5 rings (SSSR count). The zero-order valence-corrected chi connectivity index (χ0v) is 10.9. The van der Waals surface area contributed by atoms with E-state index < -0.39 is 0 Å². The molecule has 3 atom stereocenters. The van der Waals surface area contributed by atoms with Crippen LogP contribution in [0, 0.1) is 11.8 Å².